The van der Waals surface area contributed by atoms with Crippen molar-refractivity contribution in [3.05, 3.63) is 58.6 Å². The van der Waals surface area contributed by atoms with E-state index in [-0.39, 0.29) is 12.5 Å². The Bertz CT molecular complexity index is 1280. The van der Waals surface area contributed by atoms with Crippen molar-refractivity contribution < 1.29 is 19.0 Å². The van der Waals surface area contributed by atoms with Gasteiger partial charge in [-0.1, -0.05) is 17.6 Å². The number of esters is 1. The zero-order chi connectivity index (χ0) is 19.3. The molecule has 8 heteroatoms. The quantitative estimate of drug-likeness (QED) is 0.209. The summed E-state index contributed by atoms with van der Waals surface area (Å²) in [6.07, 6.45) is 0. The molecule has 0 saturated heterocycles. The highest BCUT2D eigenvalue weighted by Crippen LogP contribution is 2.35. The topological polar surface area (TPSA) is 70.5 Å². The Morgan fingerprint density at radius 3 is 2.50 bits per heavy atom. The smallest absolute Gasteiger partial charge is 0.343 e. The van der Waals surface area contributed by atoms with Crippen LogP contribution in [0.4, 0.5) is 0 Å². The Kier molecular flexibility index (Phi) is 3.94. The first-order chi connectivity index (χ1) is 13.6. The van der Waals surface area contributed by atoms with E-state index < -0.39 is 5.97 Å². The maximum absolute atomic E-state index is 12.7. The Morgan fingerprint density at radius 2 is 1.71 bits per heavy atom. The second-order valence-electron chi connectivity index (χ2n) is 6.14. The van der Waals surface area contributed by atoms with Gasteiger partial charge in [-0.25, -0.2) is 14.8 Å². The first-order valence-electron chi connectivity index (χ1n) is 8.36. The van der Waals surface area contributed by atoms with Crippen LogP contribution < -0.4 is 19.7 Å². The van der Waals surface area contributed by atoms with E-state index in [1.54, 1.807) is 24.3 Å². The summed E-state index contributed by atoms with van der Waals surface area (Å²) >= 11 is 3.41. The van der Waals surface area contributed by atoms with E-state index in [0.717, 1.165) is 0 Å². The Balaban J connectivity index is 1.61. The van der Waals surface area contributed by atoms with Crippen LogP contribution in [-0.2, 0) is 0 Å². The van der Waals surface area contributed by atoms with Gasteiger partial charge < -0.3 is 14.2 Å². The third-order valence-corrected chi connectivity index (χ3v) is 4.95. The van der Waals surface area contributed by atoms with Crippen LogP contribution in [0.2, 0.25) is 0 Å². The van der Waals surface area contributed by atoms with Crippen LogP contribution in [0.5, 0.6) is 17.2 Å². The first-order valence-corrected chi connectivity index (χ1v) is 9.16. The van der Waals surface area contributed by atoms with Crippen molar-refractivity contribution in [2.45, 2.75) is 0 Å². The van der Waals surface area contributed by atoms with E-state index in [0.29, 0.717) is 49.1 Å². The van der Waals surface area contributed by atoms with E-state index >= 15 is 0 Å². The SMILES string of the molecule is [B]c1cc(Br)c(OC(=O)c2ccc3c(c2)OCO3)c2nc3ccccc3nc12. The summed E-state index contributed by atoms with van der Waals surface area (Å²) in [5.74, 6) is 0.791. The molecule has 134 valence electrons. The number of hydrogen-bond acceptors (Lipinski definition) is 6. The Morgan fingerprint density at radius 1 is 1.00 bits per heavy atom. The Hall–Kier alpha value is -3.13. The fourth-order valence-corrected chi connectivity index (χ4v) is 3.53. The molecule has 0 spiro atoms. The zero-order valence-electron chi connectivity index (χ0n) is 14.3. The molecule has 2 heterocycles. The highest BCUT2D eigenvalue weighted by molar-refractivity contribution is 9.10. The molecular formula is C20H10BBrN2O4. The van der Waals surface area contributed by atoms with Crippen LogP contribution in [0.15, 0.2) is 53.0 Å². The third kappa shape index (κ3) is 2.77. The fraction of sp³-hybridized carbons (Fsp3) is 0.0500. The Labute approximate surface area is 169 Å². The number of carbonyl (C=O) groups is 1. The molecule has 1 aliphatic heterocycles. The first kappa shape index (κ1) is 17.0. The molecule has 4 aromatic rings. The molecule has 6 nitrogen and oxygen atoms in total. The second-order valence-corrected chi connectivity index (χ2v) is 7.00. The van der Waals surface area contributed by atoms with Crippen LogP contribution in [0.25, 0.3) is 22.1 Å². The van der Waals surface area contributed by atoms with E-state index in [4.69, 9.17) is 22.1 Å². The second kappa shape index (κ2) is 6.49. The van der Waals surface area contributed by atoms with Gasteiger partial charge in [0.2, 0.25) is 6.79 Å². The van der Waals surface area contributed by atoms with Gasteiger partial charge in [0.1, 0.15) is 13.4 Å². The molecular weight excluding hydrogens is 423 g/mol. The van der Waals surface area contributed by atoms with Crippen LogP contribution in [0.1, 0.15) is 10.4 Å². The average molecular weight is 433 g/mol. The summed E-state index contributed by atoms with van der Waals surface area (Å²) in [6.45, 7) is 0.130. The number of aromatic nitrogens is 2. The van der Waals surface area contributed by atoms with Crippen molar-refractivity contribution >= 4 is 57.3 Å². The highest BCUT2D eigenvalue weighted by Gasteiger charge is 2.21. The molecule has 28 heavy (non-hydrogen) atoms. The molecule has 0 fully saturated rings. The molecule has 5 rings (SSSR count). The number of rotatable bonds is 2. The maximum Gasteiger partial charge on any atom is 0.343 e. The lowest BCUT2D eigenvalue weighted by Crippen LogP contribution is -2.13. The largest absolute Gasteiger partial charge is 0.454 e. The number of nitrogens with zero attached hydrogens (tertiary/aromatic N) is 2. The van der Waals surface area contributed by atoms with Gasteiger partial charge in [0.25, 0.3) is 0 Å². The normalized spacial score (nSPS) is 12.5. The standard InChI is InChI=1S/C20H10BBrN2O4/c21-11-8-12(22)19(18-17(11)23-13-3-1-2-4-14(13)24-18)28-20(25)10-5-6-15-16(7-10)27-9-26-15/h1-8H,9H2. The number of halogens is 1. The summed E-state index contributed by atoms with van der Waals surface area (Å²) in [4.78, 5) is 21.9. The number of fused-ring (bicyclic) bond motifs is 3. The molecule has 1 aromatic heterocycles. The summed E-state index contributed by atoms with van der Waals surface area (Å²) in [6, 6.07) is 13.9. The van der Waals surface area contributed by atoms with Crippen molar-refractivity contribution in [2.24, 2.45) is 0 Å². The zero-order valence-corrected chi connectivity index (χ0v) is 15.9. The van der Waals surface area contributed by atoms with Gasteiger partial charge in [-0.15, -0.1) is 0 Å². The number of benzene rings is 3. The number of carbonyl (C=O) groups excluding carboxylic acids is 1. The molecule has 0 amide bonds. The van der Waals surface area contributed by atoms with E-state index in [9.17, 15) is 4.79 Å². The minimum absolute atomic E-state index is 0.130. The van der Waals surface area contributed by atoms with Crippen LogP contribution >= 0.6 is 15.9 Å². The predicted octanol–water partition coefficient (Wildman–Crippen LogP) is 3.29. The van der Waals surface area contributed by atoms with Gasteiger partial charge in [0.15, 0.2) is 17.2 Å². The van der Waals surface area contributed by atoms with Gasteiger partial charge >= 0.3 is 5.97 Å². The maximum atomic E-state index is 12.7. The van der Waals surface area contributed by atoms with Crippen molar-refractivity contribution in [1.29, 1.82) is 0 Å². The van der Waals surface area contributed by atoms with E-state index in [2.05, 4.69) is 25.9 Å². The van der Waals surface area contributed by atoms with Gasteiger partial charge in [-0.05, 0) is 52.3 Å². The monoisotopic (exact) mass is 432 g/mol. The van der Waals surface area contributed by atoms with Crippen LogP contribution in [-0.4, -0.2) is 30.6 Å². The summed E-state index contributed by atoms with van der Waals surface area (Å²) in [7, 11) is 6.12. The highest BCUT2D eigenvalue weighted by atomic mass is 79.9. The van der Waals surface area contributed by atoms with Gasteiger partial charge in [-0.2, -0.15) is 0 Å². The molecule has 0 aliphatic carbocycles. The lowest BCUT2D eigenvalue weighted by atomic mass is 9.94. The van der Waals surface area contributed by atoms with Crippen molar-refractivity contribution in [2.75, 3.05) is 6.79 Å². The molecule has 0 atom stereocenters. The third-order valence-electron chi connectivity index (χ3n) is 4.36. The summed E-state index contributed by atoms with van der Waals surface area (Å²) < 4.78 is 16.8. The predicted molar refractivity (Wildman–Crippen MR) is 108 cm³/mol. The van der Waals surface area contributed by atoms with Crippen molar-refractivity contribution in [3.63, 3.8) is 0 Å². The average Bonchev–Trinajstić information content (AvgIpc) is 3.17. The molecule has 0 bridgehead atoms. The molecule has 0 unspecified atom stereocenters. The van der Waals surface area contributed by atoms with Crippen molar-refractivity contribution in [1.82, 2.24) is 9.97 Å². The van der Waals surface area contributed by atoms with Crippen LogP contribution in [0.3, 0.4) is 0 Å². The van der Waals surface area contributed by atoms with Gasteiger partial charge in [0.05, 0.1) is 26.6 Å². The lowest BCUT2D eigenvalue weighted by molar-refractivity contribution is 0.0735. The van der Waals surface area contributed by atoms with Crippen LogP contribution in [0, 0.1) is 0 Å². The van der Waals surface area contributed by atoms with E-state index in [1.165, 1.54) is 0 Å². The number of para-hydroxylation sites is 2. The molecule has 0 N–H and O–H groups in total. The van der Waals surface area contributed by atoms with Gasteiger partial charge in [-0.3, -0.25) is 0 Å². The minimum atomic E-state index is -0.556. The van der Waals surface area contributed by atoms with Gasteiger partial charge in [0, 0.05) is 0 Å². The molecule has 1 aliphatic rings. The fourth-order valence-electron chi connectivity index (χ4n) is 3.02. The molecule has 2 radical (unpaired) electrons. The lowest BCUT2D eigenvalue weighted by Gasteiger charge is -2.12. The van der Waals surface area contributed by atoms with Crippen molar-refractivity contribution in [3.8, 4) is 17.2 Å². The summed E-state index contributed by atoms with van der Waals surface area (Å²) in [5, 5.41) is 0. The molecule has 0 saturated carbocycles. The molecule has 3 aromatic carbocycles. The summed E-state index contributed by atoms with van der Waals surface area (Å²) in [5.41, 5.74) is 3.01. The van der Waals surface area contributed by atoms with E-state index in [1.807, 2.05) is 24.3 Å². The number of hydrogen-bond donors (Lipinski definition) is 0. The number of ether oxygens (including phenoxy) is 3. The minimum Gasteiger partial charge on any atom is -0.454 e.